The van der Waals surface area contributed by atoms with E-state index < -0.39 is 0 Å². The lowest BCUT2D eigenvalue weighted by Gasteiger charge is -1.94. The highest BCUT2D eigenvalue weighted by atomic mass is 32.1. The van der Waals surface area contributed by atoms with Gasteiger partial charge in [0.25, 0.3) is 0 Å². The molecule has 1 heterocycles. The summed E-state index contributed by atoms with van der Waals surface area (Å²) in [5, 5.41) is 1.94. The molecule has 0 atom stereocenters. The van der Waals surface area contributed by atoms with Gasteiger partial charge in [0.1, 0.15) is 0 Å². The highest BCUT2D eigenvalue weighted by Crippen LogP contribution is 2.17. The quantitative estimate of drug-likeness (QED) is 0.525. The van der Waals surface area contributed by atoms with Gasteiger partial charge >= 0.3 is 0 Å². The van der Waals surface area contributed by atoms with Crippen LogP contribution in [0.4, 0.5) is 0 Å². The summed E-state index contributed by atoms with van der Waals surface area (Å²) in [4.78, 5) is 11.6. The number of aldehydes is 1. The molecule has 3 heteroatoms. The Kier molecular flexibility index (Phi) is 3.70. The number of rotatable bonds is 4. The smallest absolute Gasteiger partial charge is 0.151 e. The zero-order valence-electron chi connectivity index (χ0n) is 6.82. The Morgan fingerprint density at radius 3 is 3.08 bits per heavy atom. The molecular weight excluding hydrogens is 172 g/mol. The Balaban J connectivity index is 2.76. The monoisotopic (exact) mass is 182 g/mol. The minimum atomic E-state index is 0.478. The Morgan fingerprint density at radius 1 is 1.75 bits per heavy atom. The topological polar surface area (TPSA) is 26.3 Å². The molecule has 0 saturated carbocycles. The predicted molar refractivity (Wildman–Crippen MR) is 50.2 cm³/mol. The summed E-state index contributed by atoms with van der Waals surface area (Å²) in [6.07, 6.45) is 2.63. The summed E-state index contributed by atoms with van der Waals surface area (Å²) in [7, 11) is 1.60. The summed E-state index contributed by atoms with van der Waals surface area (Å²) in [5.74, 6) is 0. The first-order valence-corrected chi connectivity index (χ1v) is 4.44. The van der Waals surface area contributed by atoms with Crippen molar-refractivity contribution < 1.29 is 9.53 Å². The third-order valence-corrected chi connectivity index (χ3v) is 2.32. The molecule has 0 bridgehead atoms. The van der Waals surface area contributed by atoms with Crippen molar-refractivity contribution in [2.45, 2.75) is 0 Å². The Hall–Kier alpha value is -0.930. The first-order chi connectivity index (χ1) is 5.88. The van der Waals surface area contributed by atoms with Crippen molar-refractivity contribution >= 4 is 23.2 Å². The maximum Gasteiger partial charge on any atom is 0.151 e. The average molecular weight is 182 g/mol. The van der Waals surface area contributed by atoms with Crippen LogP contribution in [0.3, 0.4) is 0 Å². The molecule has 0 saturated heterocycles. The van der Waals surface area contributed by atoms with E-state index in [0.29, 0.717) is 12.2 Å². The maximum absolute atomic E-state index is 10.6. The lowest BCUT2D eigenvalue weighted by Crippen LogP contribution is -1.87. The summed E-state index contributed by atoms with van der Waals surface area (Å²) in [6.45, 7) is 0.478. The molecule has 0 aromatic carbocycles. The van der Waals surface area contributed by atoms with Crippen LogP contribution in [-0.4, -0.2) is 20.0 Å². The predicted octanol–water partition coefficient (Wildman–Crippen LogP) is 1.98. The van der Waals surface area contributed by atoms with E-state index in [1.807, 2.05) is 17.5 Å². The fourth-order valence-corrected chi connectivity index (χ4v) is 1.55. The van der Waals surface area contributed by atoms with Crippen molar-refractivity contribution in [3.63, 3.8) is 0 Å². The van der Waals surface area contributed by atoms with Gasteiger partial charge in [-0.2, -0.15) is 0 Å². The number of allylic oxidation sites excluding steroid dienone is 1. The zero-order chi connectivity index (χ0) is 8.81. The van der Waals surface area contributed by atoms with Gasteiger partial charge in [-0.25, -0.2) is 0 Å². The lowest BCUT2D eigenvalue weighted by molar-refractivity contribution is -0.103. The Morgan fingerprint density at radius 2 is 2.58 bits per heavy atom. The number of hydrogen-bond acceptors (Lipinski definition) is 3. The van der Waals surface area contributed by atoms with Crippen LogP contribution in [0, 0.1) is 0 Å². The van der Waals surface area contributed by atoms with E-state index >= 15 is 0 Å². The Bertz CT molecular complexity index is 262. The van der Waals surface area contributed by atoms with Gasteiger partial charge in [-0.05, 0) is 17.5 Å². The van der Waals surface area contributed by atoms with Gasteiger partial charge in [-0.3, -0.25) is 4.79 Å². The molecule has 1 rings (SSSR count). The highest BCUT2D eigenvalue weighted by Gasteiger charge is 1.99. The lowest BCUT2D eigenvalue weighted by atomic mass is 10.2. The SMILES string of the molecule is COC/C=C(\C=O)c1cccs1. The van der Waals surface area contributed by atoms with Gasteiger partial charge < -0.3 is 4.74 Å². The van der Waals surface area contributed by atoms with Crippen LogP contribution in [-0.2, 0) is 9.53 Å². The van der Waals surface area contributed by atoms with E-state index in [0.717, 1.165) is 11.2 Å². The maximum atomic E-state index is 10.6. The number of carbonyl (C=O) groups is 1. The molecule has 0 N–H and O–H groups in total. The van der Waals surface area contributed by atoms with Gasteiger partial charge in [0.15, 0.2) is 6.29 Å². The molecule has 1 aromatic heterocycles. The van der Waals surface area contributed by atoms with Crippen molar-refractivity contribution in [3.05, 3.63) is 28.5 Å². The highest BCUT2D eigenvalue weighted by molar-refractivity contribution is 7.11. The van der Waals surface area contributed by atoms with E-state index in [-0.39, 0.29) is 0 Å². The van der Waals surface area contributed by atoms with Crippen molar-refractivity contribution in [1.29, 1.82) is 0 Å². The van der Waals surface area contributed by atoms with E-state index in [4.69, 9.17) is 4.74 Å². The van der Waals surface area contributed by atoms with Gasteiger partial charge in [0.2, 0.25) is 0 Å². The first-order valence-electron chi connectivity index (χ1n) is 3.56. The normalized spacial score (nSPS) is 11.6. The third kappa shape index (κ3) is 2.29. The molecule has 0 amide bonds. The second-order valence-corrected chi connectivity index (χ2v) is 3.16. The molecule has 12 heavy (non-hydrogen) atoms. The molecule has 0 spiro atoms. The van der Waals surface area contributed by atoms with Crippen molar-refractivity contribution in [1.82, 2.24) is 0 Å². The van der Waals surface area contributed by atoms with Crippen molar-refractivity contribution in [2.75, 3.05) is 13.7 Å². The minimum absolute atomic E-state index is 0.478. The standard InChI is InChI=1S/C9H10O2S/c1-11-5-4-8(7-10)9-3-2-6-12-9/h2-4,6-7H,5H2,1H3/b8-4+. The fourth-order valence-electron chi connectivity index (χ4n) is 0.823. The van der Waals surface area contributed by atoms with E-state index in [2.05, 4.69) is 0 Å². The minimum Gasteiger partial charge on any atom is -0.381 e. The second kappa shape index (κ2) is 4.85. The number of hydrogen-bond donors (Lipinski definition) is 0. The largest absolute Gasteiger partial charge is 0.381 e. The average Bonchev–Trinajstić information content (AvgIpc) is 2.59. The molecule has 0 radical (unpaired) electrons. The third-order valence-electron chi connectivity index (χ3n) is 1.40. The summed E-state index contributed by atoms with van der Waals surface area (Å²) >= 11 is 1.55. The summed E-state index contributed by atoms with van der Waals surface area (Å²) < 4.78 is 4.84. The molecule has 0 aliphatic heterocycles. The van der Waals surface area contributed by atoms with Gasteiger partial charge in [0.05, 0.1) is 6.61 Å². The van der Waals surface area contributed by atoms with E-state index in [1.54, 1.807) is 24.5 Å². The van der Waals surface area contributed by atoms with Gasteiger partial charge in [-0.15, -0.1) is 11.3 Å². The van der Waals surface area contributed by atoms with Gasteiger partial charge in [-0.1, -0.05) is 6.07 Å². The van der Waals surface area contributed by atoms with Gasteiger partial charge in [0, 0.05) is 17.6 Å². The number of thiophene rings is 1. The molecule has 0 unspecified atom stereocenters. The molecule has 0 aliphatic rings. The number of carbonyl (C=O) groups excluding carboxylic acids is 1. The van der Waals surface area contributed by atoms with Crippen LogP contribution in [0.25, 0.3) is 5.57 Å². The fraction of sp³-hybridized carbons (Fsp3) is 0.222. The van der Waals surface area contributed by atoms with Crippen LogP contribution in [0.2, 0.25) is 0 Å². The van der Waals surface area contributed by atoms with Crippen LogP contribution in [0.15, 0.2) is 23.6 Å². The molecule has 2 nitrogen and oxygen atoms in total. The van der Waals surface area contributed by atoms with E-state index in [9.17, 15) is 4.79 Å². The molecule has 0 aliphatic carbocycles. The molecule has 0 fully saturated rings. The first kappa shape index (κ1) is 9.16. The van der Waals surface area contributed by atoms with Crippen LogP contribution in [0.5, 0.6) is 0 Å². The van der Waals surface area contributed by atoms with Crippen molar-refractivity contribution in [2.24, 2.45) is 0 Å². The van der Waals surface area contributed by atoms with Crippen LogP contribution >= 0.6 is 11.3 Å². The number of methoxy groups -OCH3 is 1. The van der Waals surface area contributed by atoms with E-state index in [1.165, 1.54) is 0 Å². The number of ether oxygens (including phenoxy) is 1. The second-order valence-electron chi connectivity index (χ2n) is 2.21. The summed E-state index contributed by atoms with van der Waals surface area (Å²) in [5.41, 5.74) is 0.701. The molecular formula is C9H10O2S. The Labute approximate surface area is 75.5 Å². The van der Waals surface area contributed by atoms with Crippen molar-refractivity contribution in [3.8, 4) is 0 Å². The zero-order valence-corrected chi connectivity index (χ0v) is 7.64. The summed E-state index contributed by atoms with van der Waals surface area (Å²) in [6, 6.07) is 3.84. The van der Waals surface area contributed by atoms with Crippen LogP contribution in [0.1, 0.15) is 4.88 Å². The molecule has 64 valence electrons. The molecule has 1 aromatic rings. The van der Waals surface area contributed by atoms with Crippen LogP contribution < -0.4 is 0 Å².